The van der Waals surface area contributed by atoms with Gasteiger partial charge in [-0.3, -0.25) is 4.79 Å². The zero-order valence-corrected chi connectivity index (χ0v) is 12.9. The van der Waals surface area contributed by atoms with Gasteiger partial charge in [0.1, 0.15) is 5.02 Å². The molecule has 0 unspecified atom stereocenters. The first kappa shape index (κ1) is 16.9. The van der Waals surface area contributed by atoms with Crippen molar-refractivity contribution in [3.05, 3.63) is 21.6 Å². The van der Waals surface area contributed by atoms with E-state index in [1.54, 1.807) is 13.3 Å². The van der Waals surface area contributed by atoms with E-state index < -0.39 is 0 Å². The number of ether oxygens (including phenoxy) is 2. The van der Waals surface area contributed by atoms with E-state index in [4.69, 9.17) is 21.1 Å². The molecule has 0 aromatic carbocycles. The minimum atomic E-state index is -0.275. The standard InChI is InChI=1S/C13H22ClN3O3/c1-10(2)17-13(18)12(14)11(9-16-17)15-5-4-6-20-8-7-19-3/h9-10,15H,4-8H2,1-3H3. The molecule has 1 N–H and O–H groups in total. The van der Waals surface area contributed by atoms with Crippen molar-refractivity contribution >= 4 is 17.3 Å². The third-order valence-corrected chi connectivity index (χ3v) is 3.01. The van der Waals surface area contributed by atoms with Gasteiger partial charge in [-0.05, 0) is 20.3 Å². The lowest BCUT2D eigenvalue weighted by atomic mass is 10.3. The number of methoxy groups -OCH3 is 1. The Labute approximate surface area is 124 Å². The Morgan fingerprint density at radius 1 is 1.40 bits per heavy atom. The monoisotopic (exact) mass is 303 g/mol. The van der Waals surface area contributed by atoms with Gasteiger partial charge in [0.15, 0.2) is 0 Å². The summed E-state index contributed by atoms with van der Waals surface area (Å²) in [6.07, 6.45) is 2.39. The number of anilines is 1. The van der Waals surface area contributed by atoms with Crippen LogP contribution in [0.1, 0.15) is 26.3 Å². The van der Waals surface area contributed by atoms with Crippen LogP contribution in [0.5, 0.6) is 0 Å². The van der Waals surface area contributed by atoms with Crippen LogP contribution < -0.4 is 10.9 Å². The molecule has 114 valence electrons. The van der Waals surface area contributed by atoms with Crippen LogP contribution in [0.15, 0.2) is 11.0 Å². The van der Waals surface area contributed by atoms with Gasteiger partial charge in [-0.2, -0.15) is 5.10 Å². The summed E-state index contributed by atoms with van der Waals surface area (Å²) in [4.78, 5) is 11.9. The van der Waals surface area contributed by atoms with Crippen LogP contribution in [-0.2, 0) is 9.47 Å². The molecule has 0 bridgehead atoms. The molecule has 0 amide bonds. The number of hydrogen-bond donors (Lipinski definition) is 1. The highest BCUT2D eigenvalue weighted by atomic mass is 35.5. The number of aromatic nitrogens is 2. The molecule has 0 spiro atoms. The summed E-state index contributed by atoms with van der Waals surface area (Å²) in [7, 11) is 1.64. The van der Waals surface area contributed by atoms with Gasteiger partial charge in [0, 0.05) is 20.3 Å². The molecule has 1 aromatic heterocycles. The number of hydrogen-bond acceptors (Lipinski definition) is 5. The fraction of sp³-hybridized carbons (Fsp3) is 0.692. The van der Waals surface area contributed by atoms with Gasteiger partial charge in [-0.15, -0.1) is 0 Å². The first-order valence-corrected chi connectivity index (χ1v) is 7.03. The Bertz CT molecular complexity index is 463. The van der Waals surface area contributed by atoms with Crippen LogP contribution in [0.2, 0.25) is 5.02 Å². The van der Waals surface area contributed by atoms with Gasteiger partial charge < -0.3 is 14.8 Å². The van der Waals surface area contributed by atoms with Gasteiger partial charge in [0.25, 0.3) is 5.56 Å². The number of nitrogens with one attached hydrogen (secondary N) is 1. The zero-order chi connectivity index (χ0) is 15.0. The van der Waals surface area contributed by atoms with Gasteiger partial charge in [-0.1, -0.05) is 11.6 Å². The topological polar surface area (TPSA) is 65.4 Å². The third-order valence-electron chi connectivity index (χ3n) is 2.65. The molecule has 0 saturated heterocycles. The second kappa shape index (κ2) is 8.94. The van der Waals surface area contributed by atoms with E-state index in [0.29, 0.717) is 32.1 Å². The molecule has 6 nitrogen and oxygen atoms in total. The summed E-state index contributed by atoms with van der Waals surface area (Å²) in [6.45, 7) is 6.24. The first-order chi connectivity index (χ1) is 9.57. The fourth-order valence-corrected chi connectivity index (χ4v) is 1.78. The molecule has 20 heavy (non-hydrogen) atoms. The van der Waals surface area contributed by atoms with Crippen molar-refractivity contribution in [1.82, 2.24) is 9.78 Å². The maximum absolute atomic E-state index is 11.9. The van der Waals surface area contributed by atoms with E-state index in [2.05, 4.69) is 10.4 Å². The number of halogens is 1. The van der Waals surface area contributed by atoms with Gasteiger partial charge >= 0.3 is 0 Å². The Hall–Kier alpha value is -1.11. The van der Waals surface area contributed by atoms with Crippen LogP contribution in [0.3, 0.4) is 0 Å². The average molecular weight is 304 g/mol. The molecule has 0 atom stereocenters. The summed E-state index contributed by atoms with van der Waals surface area (Å²) in [6, 6.07) is -0.0109. The summed E-state index contributed by atoms with van der Waals surface area (Å²) in [5.74, 6) is 0. The Morgan fingerprint density at radius 2 is 2.15 bits per heavy atom. The highest BCUT2D eigenvalue weighted by Gasteiger charge is 2.10. The van der Waals surface area contributed by atoms with Crippen molar-refractivity contribution in [2.75, 3.05) is 38.8 Å². The normalized spacial score (nSPS) is 11.1. The average Bonchev–Trinajstić information content (AvgIpc) is 2.42. The van der Waals surface area contributed by atoms with Crippen molar-refractivity contribution in [1.29, 1.82) is 0 Å². The van der Waals surface area contributed by atoms with Crippen molar-refractivity contribution in [2.45, 2.75) is 26.3 Å². The van der Waals surface area contributed by atoms with Crippen LogP contribution in [-0.4, -0.2) is 43.3 Å². The molecular formula is C13H22ClN3O3. The van der Waals surface area contributed by atoms with Crippen LogP contribution in [0.25, 0.3) is 0 Å². The molecule has 0 fully saturated rings. The smallest absolute Gasteiger partial charge is 0.287 e. The third kappa shape index (κ3) is 5.11. The van der Waals surface area contributed by atoms with Crippen LogP contribution in [0.4, 0.5) is 5.69 Å². The van der Waals surface area contributed by atoms with Crippen molar-refractivity contribution < 1.29 is 9.47 Å². The van der Waals surface area contributed by atoms with Crippen molar-refractivity contribution in [2.24, 2.45) is 0 Å². The van der Waals surface area contributed by atoms with Crippen molar-refractivity contribution in [3.63, 3.8) is 0 Å². The molecule has 1 heterocycles. The Morgan fingerprint density at radius 3 is 2.80 bits per heavy atom. The maximum Gasteiger partial charge on any atom is 0.287 e. The molecule has 0 saturated carbocycles. The largest absolute Gasteiger partial charge is 0.382 e. The highest BCUT2D eigenvalue weighted by Crippen LogP contribution is 2.16. The quantitative estimate of drug-likeness (QED) is 0.706. The predicted octanol–water partition coefficient (Wildman–Crippen LogP) is 1.94. The lowest BCUT2D eigenvalue weighted by Crippen LogP contribution is -2.26. The van der Waals surface area contributed by atoms with E-state index >= 15 is 0 Å². The molecule has 0 aliphatic carbocycles. The van der Waals surface area contributed by atoms with Crippen LogP contribution >= 0.6 is 11.6 Å². The Kier molecular flexibility index (Phi) is 7.58. The summed E-state index contributed by atoms with van der Waals surface area (Å²) >= 11 is 6.04. The summed E-state index contributed by atoms with van der Waals surface area (Å²) < 4.78 is 11.6. The second-order valence-electron chi connectivity index (χ2n) is 4.60. The summed E-state index contributed by atoms with van der Waals surface area (Å²) in [5, 5.41) is 7.35. The molecule has 1 aromatic rings. The zero-order valence-electron chi connectivity index (χ0n) is 12.2. The minimum Gasteiger partial charge on any atom is -0.382 e. The number of nitrogens with zero attached hydrogens (tertiary/aromatic N) is 2. The van der Waals surface area contributed by atoms with Crippen LogP contribution in [0, 0.1) is 0 Å². The molecule has 1 rings (SSSR count). The summed E-state index contributed by atoms with van der Waals surface area (Å²) in [5.41, 5.74) is 0.286. The Balaban J connectivity index is 2.42. The molecule has 0 aliphatic heterocycles. The SMILES string of the molecule is COCCOCCCNc1cnn(C(C)C)c(=O)c1Cl. The molecule has 0 aliphatic rings. The lowest BCUT2D eigenvalue weighted by molar-refractivity contribution is 0.0705. The molecule has 7 heteroatoms. The number of rotatable bonds is 9. The predicted molar refractivity (Wildman–Crippen MR) is 79.7 cm³/mol. The van der Waals surface area contributed by atoms with E-state index in [9.17, 15) is 4.79 Å². The van der Waals surface area contributed by atoms with Gasteiger partial charge in [0.05, 0.1) is 31.1 Å². The van der Waals surface area contributed by atoms with E-state index in [0.717, 1.165) is 6.42 Å². The molecular weight excluding hydrogens is 282 g/mol. The van der Waals surface area contributed by atoms with Crippen molar-refractivity contribution in [3.8, 4) is 0 Å². The van der Waals surface area contributed by atoms with E-state index in [1.807, 2.05) is 13.8 Å². The van der Waals surface area contributed by atoms with Gasteiger partial charge in [0.2, 0.25) is 0 Å². The van der Waals surface area contributed by atoms with E-state index in [1.165, 1.54) is 4.68 Å². The van der Waals surface area contributed by atoms with Gasteiger partial charge in [-0.25, -0.2) is 4.68 Å². The minimum absolute atomic E-state index is 0.0109. The maximum atomic E-state index is 11.9. The first-order valence-electron chi connectivity index (χ1n) is 6.65. The fourth-order valence-electron chi connectivity index (χ4n) is 1.58. The highest BCUT2D eigenvalue weighted by molar-refractivity contribution is 6.32. The molecule has 0 radical (unpaired) electrons. The second-order valence-corrected chi connectivity index (χ2v) is 4.98. The lowest BCUT2D eigenvalue weighted by Gasteiger charge is -2.12. The van der Waals surface area contributed by atoms with E-state index in [-0.39, 0.29) is 16.6 Å².